The fourth-order valence-electron chi connectivity index (χ4n) is 1.84. The van der Waals surface area contributed by atoms with Gasteiger partial charge >= 0.3 is 5.97 Å². The van der Waals surface area contributed by atoms with E-state index in [2.05, 4.69) is 26.0 Å². The highest BCUT2D eigenvalue weighted by atomic mass is 79.9. The molecule has 3 aromatic rings. The van der Waals surface area contributed by atoms with Gasteiger partial charge in [-0.2, -0.15) is 0 Å². The van der Waals surface area contributed by atoms with Crippen molar-refractivity contribution in [3.8, 4) is 11.4 Å². The monoisotopic (exact) mass is 317 g/mol. The standard InChI is InChI=1S/C13H8BrN3O2/c14-8-5-6-11-15-12(16-17(11)7-8)9-3-1-2-4-10(9)13(18)19/h1-7H,(H,18,19). The van der Waals surface area contributed by atoms with E-state index in [0.717, 1.165) is 4.47 Å². The lowest BCUT2D eigenvalue weighted by atomic mass is 10.1. The van der Waals surface area contributed by atoms with Gasteiger partial charge in [0.15, 0.2) is 11.5 Å². The molecule has 6 heteroatoms. The van der Waals surface area contributed by atoms with Gasteiger partial charge in [0.05, 0.1) is 5.56 Å². The summed E-state index contributed by atoms with van der Waals surface area (Å²) in [6.45, 7) is 0. The van der Waals surface area contributed by atoms with Gasteiger partial charge in [-0.25, -0.2) is 14.3 Å². The van der Waals surface area contributed by atoms with Gasteiger partial charge in [-0.05, 0) is 34.1 Å². The van der Waals surface area contributed by atoms with E-state index in [4.69, 9.17) is 0 Å². The van der Waals surface area contributed by atoms with Crippen molar-refractivity contribution in [1.82, 2.24) is 14.6 Å². The number of hydrogen-bond acceptors (Lipinski definition) is 3. The molecule has 0 saturated heterocycles. The zero-order chi connectivity index (χ0) is 13.4. The maximum Gasteiger partial charge on any atom is 0.336 e. The van der Waals surface area contributed by atoms with E-state index in [-0.39, 0.29) is 5.56 Å². The number of hydrogen-bond donors (Lipinski definition) is 1. The maximum atomic E-state index is 11.2. The predicted molar refractivity (Wildman–Crippen MR) is 73.1 cm³/mol. The molecular weight excluding hydrogens is 310 g/mol. The zero-order valence-corrected chi connectivity index (χ0v) is 11.2. The van der Waals surface area contributed by atoms with Crippen molar-refractivity contribution in [2.45, 2.75) is 0 Å². The lowest BCUT2D eigenvalue weighted by Crippen LogP contribution is -1.99. The molecule has 0 spiro atoms. The SMILES string of the molecule is O=C(O)c1ccccc1-c1nc2ccc(Br)cn2n1. The molecule has 0 fully saturated rings. The van der Waals surface area contributed by atoms with Crippen LogP contribution in [0.2, 0.25) is 0 Å². The van der Waals surface area contributed by atoms with Crippen LogP contribution in [0.15, 0.2) is 47.1 Å². The highest BCUT2D eigenvalue weighted by Gasteiger charge is 2.14. The Balaban J connectivity index is 2.22. The Bertz CT molecular complexity index is 782. The fraction of sp³-hybridized carbons (Fsp3) is 0. The number of fused-ring (bicyclic) bond motifs is 1. The summed E-state index contributed by atoms with van der Waals surface area (Å²) in [5.41, 5.74) is 1.37. The van der Waals surface area contributed by atoms with E-state index < -0.39 is 5.97 Å². The highest BCUT2D eigenvalue weighted by Crippen LogP contribution is 2.21. The first kappa shape index (κ1) is 11.9. The van der Waals surface area contributed by atoms with Gasteiger partial charge in [-0.1, -0.05) is 18.2 Å². The molecule has 5 nitrogen and oxygen atoms in total. The third-order valence-corrected chi connectivity index (χ3v) is 3.16. The minimum absolute atomic E-state index is 0.192. The predicted octanol–water partition coefficient (Wildman–Crippen LogP) is 2.86. The molecule has 0 unspecified atom stereocenters. The minimum Gasteiger partial charge on any atom is -0.478 e. The van der Waals surface area contributed by atoms with E-state index in [1.165, 1.54) is 0 Å². The summed E-state index contributed by atoms with van der Waals surface area (Å²) >= 11 is 3.35. The molecule has 2 aromatic heterocycles. The van der Waals surface area contributed by atoms with Gasteiger partial charge in [0.25, 0.3) is 0 Å². The van der Waals surface area contributed by atoms with Crippen molar-refractivity contribution in [3.63, 3.8) is 0 Å². The molecule has 0 amide bonds. The lowest BCUT2D eigenvalue weighted by molar-refractivity contribution is 0.0697. The van der Waals surface area contributed by atoms with E-state index in [9.17, 15) is 9.90 Å². The van der Waals surface area contributed by atoms with Crippen molar-refractivity contribution in [2.75, 3.05) is 0 Å². The number of pyridine rings is 1. The second-order valence-electron chi connectivity index (χ2n) is 3.94. The van der Waals surface area contributed by atoms with Gasteiger partial charge in [0.1, 0.15) is 0 Å². The Morgan fingerprint density at radius 2 is 2.00 bits per heavy atom. The Morgan fingerprint density at radius 3 is 2.79 bits per heavy atom. The first-order valence-electron chi connectivity index (χ1n) is 5.50. The summed E-state index contributed by atoms with van der Waals surface area (Å²) in [6, 6.07) is 10.4. The third-order valence-electron chi connectivity index (χ3n) is 2.69. The van der Waals surface area contributed by atoms with Crippen molar-refractivity contribution < 1.29 is 9.90 Å². The number of aromatic nitrogens is 3. The molecule has 1 N–H and O–H groups in total. The van der Waals surface area contributed by atoms with Crippen molar-refractivity contribution in [2.24, 2.45) is 0 Å². The van der Waals surface area contributed by atoms with Crippen LogP contribution in [0, 0.1) is 0 Å². The number of halogens is 1. The average molecular weight is 318 g/mol. The van der Waals surface area contributed by atoms with Gasteiger partial charge < -0.3 is 5.11 Å². The smallest absolute Gasteiger partial charge is 0.336 e. The molecule has 19 heavy (non-hydrogen) atoms. The maximum absolute atomic E-state index is 11.2. The van der Waals surface area contributed by atoms with Crippen LogP contribution >= 0.6 is 15.9 Å². The van der Waals surface area contributed by atoms with Gasteiger partial charge in [0, 0.05) is 16.2 Å². The number of carbonyl (C=O) groups is 1. The fourth-order valence-corrected chi connectivity index (χ4v) is 2.16. The molecule has 0 radical (unpaired) electrons. The van der Waals surface area contributed by atoms with Crippen LogP contribution in [0.25, 0.3) is 17.0 Å². The molecule has 3 rings (SSSR count). The summed E-state index contributed by atoms with van der Waals surface area (Å²) in [6.07, 6.45) is 1.77. The van der Waals surface area contributed by atoms with E-state index in [0.29, 0.717) is 17.0 Å². The summed E-state index contributed by atoms with van der Waals surface area (Å²) in [5.74, 6) is -0.591. The zero-order valence-electron chi connectivity index (χ0n) is 9.62. The largest absolute Gasteiger partial charge is 0.478 e. The minimum atomic E-state index is -0.990. The first-order chi connectivity index (χ1) is 9.15. The van der Waals surface area contributed by atoms with Crippen LogP contribution in [-0.2, 0) is 0 Å². The highest BCUT2D eigenvalue weighted by molar-refractivity contribution is 9.10. The van der Waals surface area contributed by atoms with Crippen LogP contribution in [-0.4, -0.2) is 25.7 Å². The lowest BCUT2D eigenvalue weighted by Gasteiger charge is -2.00. The molecule has 1 aromatic carbocycles. The second kappa shape index (κ2) is 4.47. The third kappa shape index (κ3) is 2.10. The number of carboxylic acid groups (broad SMARTS) is 1. The Labute approximate surface area is 116 Å². The molecule has 0 aliphatic rings. The quantitative estimate of drug-likeness (QED) is 0.789. The topological polar surface area (TPSA) is 67.5 Å². The number of nitrogens with zero attached hydrogens (tertiary/aromatic N) is 3. The Kier molecular flexibility index (Phi) is 2.79. The number of rotatable bonds is 2. The van der Waals surface area contributed by atoms with E-state index >= 15 is 0 Å². The van der Waals surface area contributed by atoms with E-state index in [1.807, 2.05) is 12.1 Å². The summed E-state index contributed by atoms with van der Waals surface area (Å²) < 4.78 is 2.49. The van der Waals surface area contributed by atoms with E-state index in [1.54, 1.807) is 35.0 Å². The van der Waals surface area contributed by atoms with Crippen molar-refractivity contribution in [1.29, 1.82) is 0 Å². The van der Waals surface area contributed by atoms with Crippen molar-refractivity contribution >= 4 is 27.5 Å². The second-order valence-corrected chi connectivity index (χ2v) is 4.85. The number of benzene rings is 1. The Hall–Kier alpha value is -2.21. The summed E-state index contributed by atoms with van der Waals surface area (Å²) in [4.78, 5) is 15.5. The van der Waals surface area contributed by atoms with Crippen LogP contribution in [0.4, 0.5) is 0 Å². The molecule has 0 aliphatic carbocycles. The molecule has 0 aliphatic heterocycles. The van der Waals surface area contributed by atoms with Gasteiger partial charge in [0.2, 0.25) is 0 Å². The van der Waals surface area contributed by atoms with Gasteiger partial charge in [-0.3, -0.25) is 0 Å². The first-order valence-corrected chi connectivity index (χ1v) is 6.29. The molecule has 0 bridgehead atoms. The Morgan fingerprint density at radius 1 is 1.21 bits per heavy atom. The molecule has 0 atom stereocenters. The van der Waals surface area contributed by atoms with Crippen LogP contribution in [0.3, 0.4) is 0 Å². The van der Waals surface area contributed by atoms with Crippen LogP contribution in [0.5, 0.6) is 0 Å². The molecule has 94 valence electrons. The molecule has 0 saturated carbocycles. The summed E-state index contributed by atoms with van der Waals surface area (Å²) in [5, 5.41) is 13.5. The average Bonchev–Trinajstić information content (AvgIpc) is 2.81. The summed E-state index contributed by atoms with van der Waals surface area (Å²) in [7, 11) is 0. The number of carboxylic acids is 1. The number of aromatic carboxylic acids is 1. The molecule has 2 heterocycles. The van der Waals surface area contributed by atoms with Gasteiger partial charge in [-0.15, -0.1) is 5.10 Å². The normalized spacial score (nSPS) is 10.8. The van der Waals surface area contributed by atoms with Crippen LogP contribution < -0.4 is 0 Å². The molecular formula is C13H8BrN3O2. The van der Waals surface area contributed by atoms with Crippen LogP contribution in [0.1, 0.15) is 10.4 Å². The van der Waals surface area contributed by atoms with Crippen molar-refractivity contribution in [3.05, 3.63) is 52.6 Å².